The molecule has 1 aromatic rings. The Morgan fingerprint density at radius 2 is 1.95 bits per heavy atom. The highest BCUT2D eigenvalue weighted by molar-refractivity contribution is 5.91. The van der Waals surface area contributed by atoms with Crippen molar-refractivity contribution in [3.8, 4) is 0 Å². The monoisotopic (exact) mass is 259 g/mol. The van der Waals surface area contributed by atoms with Gasteiger partial charge in [0, 0.05) is 12.1 Å². The average molecular weight is 259 g/mol. The normalized spacial score (nSPS) is 16.3. The molecule has 0 bridgehead atoms. The zero-order valence-electron chi connectivity index (χ0n) is 12.0. The summed E-state index contributed by atoms with van der Waals surface area (Å²) in [6.45, 7) is 2.03. The molecular weight excluding hydrogens is 234 g/mol. The Labute approximate surface area is 116 Å². The third kappa shape index (κ3) is 4.70. The maximum absolute atomic E-state index is 11.9. The fourth-order valence-corrected chi connectivity index (χ4v) is 2.95. The minimum absolute atomic E-state index is 0.158. The van der Waals surface area contributed by atoms with Crippen molar-refractivity contribution in [3.05, 3.63) is 29.8 Å². The van der Waals surface area contributed by atoms with Gasteiger partial charge in [0.2, 0.25) is 5.91 Å². The van der Waals surface area contributed by atoms with Crippen LogP contribution in [0.3, 0.4) is 0 Å². The first kappa shape index (κ1) is 14.1. The highest BCUT2D eigenvalue weighted by Crippen LogP contribution is 2.27. The topological polar surface area (TPSA) is 29.1 Å². The van der Waals surface area contributed by atoms with Crippen LogP contribution in [0.1, 0.15) is 56.9 Å². The van der Waals surface area contributed by atoms with Crippen molar-refractivity contribution in [2.45, 2.75) is 58.3 Å². The molecule has 1 amide bonds. The van der Waals surface area contributed by atoms with Crippen LogP contribution in [-0.2, 0) is 4.79 Å². The molecule has 0 saturated heterocycles. The molecule has 1 aliphatic rings. The lowest BCUT2D eigenvalue weighted by atomic mass is 9.86. The maximum Gasteiger partial charge on any atom is 0.224 e. The van der Waals surface area contributed by atoms with Gasteiger partial charge in [-0.15, -0.1) is 0 Å². The van der Waals surface area contributed by atoms with E-state index in [1.807, 2.05) is 31.2 Å². The Morgan fingerprint density at radius 3 is 2.68 bits per heavy atom. The highest BCUT2D eigenvalue weighted by Gasteiger charge is 2.13. The largest absolute Gasteiger partial charge is 0.326 e. The fraction of sp³-hybridized carbons (Fsp3) is 0.588. The molecule has 104 valence electrons. The molecule has 2 heteroatoms. The zero-order valence-corrected chi connectivity index (χ0v) is 12.0. The molecule has 0 unspecified atom stereocenters. The van der Waals surface area contributed by atoms with E-state index in [-0.39, 0.29) is 5.91 Å². The van der Waals surface area contributed by atoms with E-state index in [1.54, 1.807) is 0 Å². The Morgan fingerprint density at radius 1 is 1.21 bits per heavy atom. The maximum atomic E-state index is 11.9. The van der Waals surface area contributed by atoms with Crippen LogP contribution in [0.25, 0.3) is 0 Å². The van der Waals surface area contributed by atoms with E-state index in [1.165, 1.54) is 38.5 Å². The first-order valence-corrected chi connectivity index (χ1v) is 7.61. The van der Waals surface area contributed by atoms with Crippen LogP contribution in [0, 0.1) is 12.8 Å². The van der Waals surface area contributed by atoms with E-state index in [9.17, 15) is 4.79 Å². The van der Waals surface area contributed by atoms with Crippen LogP contribution in [0.2, 0.25) is 0 Å². The van der Waals surface area contributed by atoms with E-state index in [0.717, 1.165) is 23.6 Å². The Balaban J connectivity index is 1.68. The molecule has 0 spiro atoms. The van der Waals surface area contributed by atoms with Gasteiger partial charge in [0.15, 0.2) is 0 Å². The first-order chi connectivity index (χ1) is 9.25. The van der Waals surface area contributed by atoms with E-state index in [4.69, 9.17) is 0 Å². The van der Waals surface area contributed by atoms with Crippen molar-refractivity contribution < 1.29 is 4.79 Å². The second-order valence-electron chi connectivity index (χ2n) is 5.76. The van der Waals surface area contributed by atoms with Crippen LogP contribution in [0.4, 0.5) is 5.69 Å². The molecule has 1 N–H and O–H groups in total. The number of rotatable bonds is 5. The number of hydrogen-bond donors (Lipinski definition) is 1. The number of carbonyl (C=O) groups is 1. The number of hydrogen-bond acceptors (Lipinski definition) is 1. The van der Waals surface area contributed by atoms with Crippen LogP contribution in [0.5, 0.6) is 0 Å². The van der Waals surface area contributed by atoms with Crippen molar-refractivity contribution in [2.24, 2.45) is 5.92 Å². The third-order valence-corrected chi connectivity index (χ3v) is 4.16. The van der Waals surface area contributed by atoms with Gasteiger partial charge >= 0.3 is 0 Å². The third-order valence-electron chi connectivity index (χ3n) is 4.16. The predicted octanol–water partition coefficient (Wildman–Crippen LogP) is 4.68. The summed E-state index contributed by atoms with van der Waals surface area (Å²) in [5.41, 5.74) is 2.08. The quantitative estimate of drug-likeness (QED) is 0.817. The van der Waals surface area contributed by atoms with Gasteiger partial charge in [-0.1, -0.05) is 50.3 Å². The highest BCUT2D eigenvalue weighted by atomic mass is 16.1. The molecule has 1 aromatic carbocycles. The summed E-state index contributed by atoms with van der Waals surface area (Å²) in [5.74, 6) is 1.03. The molecule has 1 aliphatic carbocycles. The van der Waals surface area contributed by atoms with E-state index in [2.05, 4.69) is 5.32 Å². The SMILES string of the molecule is Cc1ccccc1NC(=O)CCCC1CCCCC1. The van der Waals surface area contributed by atoms with Crippen LogP contribution in [0.15, 0.2) is 24.3 Å². The van der Waals surface area contributed by atoms with Crippen molar-refractivity contribution >= 4 is 11.6 Å². The van der Waals surface area contributed by atoms with Gasteiger partial charge < -0.3 is 5.32 Å². The van der Waals surface area contributed by atoms with Gasteiger partial charge in [0.1, 0.15) is 0 Å². The van der Waals surface area contributed by atoms with Gasteiger partial charge in [-0.05, 0) is 37.3 Å². The number of nitrogens with one attached hydrogen (secondary N) is 1. The number of aryl methyl sites for hydroxylation is 1. The van der Waals surface area contributed by atoms with Crippen LogP contribution in [-0.4, -0.2) is 5.91 Å². The summed E-state index contributed by atoms with van der Waals surface area (Å²) >= 11 is 0. The van der Waals surface area contributed by atoms with Crippen LogP contribution >= 0.6 is 0 Å². The van der Waals surface area contributed by atoms with Gasteiger partial charge in [-0.2, -0.15) is 0 Å². The molecule has 19 heavy (non-hydrogen) atoms. The second kappa shape index (κ2) is 7.32. The second-order valence-corrected chi connectivity index (χ2v) is 5.76. The van der Waals surface area contributed by atoms with Crippen molar-refractivity contribution in [2.75, 3.05) is 5.32 Å². The van der Waals surface area contributed by atoms with Crippen LogP contribution < -0.4 is 5.32 Å². The number of carbonyl (C=O) groups excluding carboxylic acids is 1. The Bertz CT molecular complexity index is 407. The van der Waals surface area contributed by atoms with Crippen molar-refractivity contribution in [1.29, 1.82) is 0 Å². The summed E-state index contributed by atoms with van der Waals surface area (Å²) < 4.78 is 0. The average Bonchev–Trinajstić information content (AvgIpc) is 2.43. The molecule has 1 fully saturated rings. The molecule has 0 radical (unpaired) electrons. The standard InChI is InChI=1S/C17H25NO/c1-14-8-5-6-12-16(14)18-17(19)13-7-11-15-9-3-2-4-10-15/h5-6,8,12,15H,2-4,7,9-11,13H2,1H3,(H,18,19). The molecule has 2 rings (SSSR count). The van der Waals surface area contributed by atoms with E-state index >= 15 is 0 Å². The minimum Gasteiger partial charge on any atom is -0.326 e. The van der Waals surface area contributed by atoms with Gasteiger partial charge in [0.25, 0.3) is 0 Å². The molecule has 0 heterocycles. The first-order valence-electron chi connectivity index (χ1n) is 7.61. The van der Waals surface area contributed by atoms with Gasteiger partial charge in [0.05, 0.1) is 0 Å². The lowest BCUT2D eigenvalue weighted by Gasteiger charge is -2.21. The van der Waals surface area contributed by atoms with Crippen molar-refractivity contribution in [3.63, 3.8) is 0 Å². The fourth-order valence-electron chi connectivity index (χ4n) is 2.95. The number of anilines is 1. The Hall–Kier alpha value is -1.31. The van der Waals surface area contributed by atoms with E-state index in [0.29, 0.717) is 6.42 Å². The van der Waals surface area contributed by atoms with E-state index < -0.39 is 0 Å². The molecule has 0 aliphatic heterocycles. The number of amides is 1. The number of para-hydroxylation sites is 1. The van der Waals surface area contributed by atoms with Gasteiger partial charge in [-0.25, -0.2) is 0 Å². The summed E-state index contributed by atoms with van der Waals surface area (Å²) in [4.78, 5) is 11.9. The predicted molar refractivity (Wildman–Crippen MR) is 80.2 cm³/mol. The summed E-state index contributed by atoms with van der Waals surface area (Å²) in [7, 11) is 0. The van der Waals surface area contributed by atoms with Gasteiger partial charge in [-0.3, -0.25) is 4.79 Å². The Kier molecular flexibility index (Phi) is 5.44. The lowest BCUT2D eigenvalue weighted by Crippen LogP contribution is -2.13. The summed E-state index contributed by atoms with van der Waals surface area (Å²) in [5, 5.41) is 3.01. The molecule has 1 saturated carbocycles. The number of benzene rings is 1. The molecule has 2 nitrogen and oxygen atoms in total. The van der Waals surface area contributed by atoms with Crippen molar-refractivity contribution in [1.82, 2.24) is 0 Å². The molecular formula is C17H25NO. The summed E-state index contributed by atoms with van der Waals surface area (Å²) in [6, 6.07) is 7.95. The smallest absolute Gasteiger partial charge is 0.224 e. The molecule has 0 atom stereocenters. The lowest BCUT2D eigenvalue weighted by molar-refractivity contribution is -0.116. The summed E-state index contributed by atoms with van der Waals surface area (Å²) in [6.07, 6.45) is 9.84. The molecule has 0 aromatic heterocycles. The minimum atomic E-state index is 0.158. The zero-order chi connectivity index (χ0) is 13.5.